The van der Waals surface area contributed by atoms with Gasteiger partial charge < -0.3 is 0 Å². The molecule has 76 valence electrons. The van der Waals surface area contributed by atoms with Gasteiger partial charge in [-0.25, -0.2) is 5.14 Å². The van der Waals surface area contributed by atoms with Crippen LogP contribution in [0.15, 0.2) is 23.9 Å². The van der Waals surface area contributed by atoms with Crippen molar-refractivity contribution in [2.24, 2.45) is 11.1 Å². The van der Waals surface area contributed by atoms with Crippen molar-refractivity contribution in [3.05, 3.63) is 23.9 Å². The molecule has 1 atom stereocenters. The molecule has 5 nitrogen and oxygen atoms in total. The molecule has 1 heterocycles. The van der Waals surface area contributed by atoms with Crippen molar-refractivity contribution in [3.63, 3.8) is 0 Å². The first kappa shape index (κ1) is 9.42. The van der Waals surface area contributed by atoms with E-state index in [2.05, 4.69) is 0 Å². The van der Waals surface area contributed by atoms with Gasteiger partial charge in [0.15, 0.2) is 0 Å². The maximum Gasteiger partial charge on any atom is 0.305 e. The largest absolute Gasteiger partial charge is 0.305 e. The van der Waals surface area contributed by atoms with Crippen molar-refractivity contribution in [2.45, 2.75) is 12.8 Å². The normalized spacial score (nSPS) is 26.4. The zero-order valence-electron chi connectivity index (χ0n) is 7.38. The lowest BCUT2D eigenvalue weighted by molar-refractivity contribution is -0.123. The highest BCUT2D eigenvalue weighted by molar-refractivity contribution is 7.87. The van der Waals surface area contributed by atoms with Gasteiger partial charge in [-0.05, 0) is 12.5 Å². The van der Waals surface area contributed by atoms with Crippen LogP contribution in [0.3, 0.4) is 0 Å². The standard InChI is InChI=1S/C8H10N2O3S/c9-14(12,13)10-7-4-2-1-3-6(7)5-8(10)11/h1-2,4,6H,3,5H2,(H2,9,12,13). The number of hydrogen-bond acceptors (Lipinski definition) is 3. The van der Waals surface area contributed by atoms with Gasteiger partial charge in [0.25, 0.3) is 0 Å². The number of rotatable bonds is 1. The Morgan fingerprint density at radius 1 is 1.50 bits per heavy atom. The molecule has 0 aromatic heterocycles. The van der Waals surface area contributed by atoms with Crippen LogP contribution >= 0.6 is 0 Å². The van der Waals surface area contributed by atoms with Gasteiger partial charge in [0.2, 0.25) is 5.91 Å². The SMILES string of the molecule is NS(=O)(=O)N1C(=O)CC2CC=CC=C21. The molecular weight excluding hydrogens is 204 g/mol. The van der Waals surface area contributed by atoms with Crippen LogP contribution in [0.4, 0.5) is 0 Å². The highest BCUT2D eigenvalue weighted by Gasteiger charge is 2.40. The Hall–Kier alpha value is -1.14. The molecule has 1 saturated heterocycles. The Bertz CT molecular complexity index is 436. The van der Waals surface area contributed by atoms with E-state index < -0.39 is 16.1 Å². The number of fused-ring (bicyclic) bond motifs is 1. The van der Waals surface area contributed by atoms with E-state index in [0.717, 1.165) is 0 Å². The summed E-state index contributed by atoms with van der Waals surface area (Å²) in [5.41, 5.74) is 0.500. The maximum atomic E-state index is 11.4. The second kappa shape index (κ2) is 2.93. The lowest BCUT2D eigenvalue weighted by atomic mass is 9.97. The molecule has 0 radical (unpaired) electrons. The van der Waals surface area contributed by atoms with Crippen molar-refractivity contribution < 1.29 is 13.2 Å². The fourth-order valence-electron chi connectivity index (χ4n) is 1.81. The summed E-state index contributed by atoms with van der Waals surface area (Å²) in [5, 5.41) is 4.95. The lowest BCUT2D eigenvalue weighted by Gasteiger charge is -2.18. The molecule has 0 bridgehead atoms. The van der Waals surface area contributed by atoms with Crippen LogP contribution in [-0.4, -0.2) is 18.6 Å². The molecule has 1 amide bonds. The Labute approximate surface area is 82.1 Å². The monoisotopic (exact) mass is 214 g/mol. The molecule has 1 aliphatic heterocycles. The van der Waals surface area contributed by atoms with E-state index in [1.54, 1.807) is 12.2 Å². The third-order valence-corrected chi connectivity index (χ3v) is 3.30. The fraction of sp³-hybridized carbons (Fsp3) is 0.375. The van der Waals surface area contributed by atoms with E-state index in [1.165, 1.54) is 0 Å². The van der Waals surface area contributed by atoms with Gasteiger partial charge in [0, 0.05) is 18.0 Å². The number of amides is 1. The molecule has 2 N–H and O–H groups in total. The van der Waals surface area contributed by atoms with Crippen molar-refractivity contribution in [3.8, 4) is 0 Å². The summed E-state index contributed by atoms with van der Waals surface area (Å²) < 4.78 is 22.9. The molecule has 14 heavy (non-hydrogen) atoms. The van der Waals surface area contributed by atoms with E-state index >= 15 is 0 Å². The first-order valence-electron chi connectivity index (χ1n) is 4.23. The minimum Gasteiger partial charge on any atom is -0.273 e. The Kier molecular flexibility index (Phi) is 1.97. The number of nitrogens with zero attached hydrogens (tertiary/aromatic N) is 1. The van der Waals surface area contributed by atoms with Crippen molar-refractivity contribution in [1.29, 1.82) is 0 Å². The van der Waals surface area contributed by atoms with E-state index in [0.29, 0.717) is 16.4 Å². The molecule has 0 saturated carbocycles. The molecule has 2 aliphatic rings. The second-order valence-electron chi connectivity index (χ2n) is 3.36. The van der Waals surface area contributed by atoms with Crippen LogP contribution in [0.2, 0.25) is 0 Å². The average Bonchev–Trinajstić information content (AvgIpc) is 2.38. The molecule has 1 aliphatic carbocycles. The first-order chi connectivity index (χ1) is 6.50. The van der Waals surface area contributed by atoms with Crippen LogP contribution in [0.1, 0.15) is 12.8 Å². The molecule has 1 unspecified atom stereocenters. The molecule has 0 spiro atoms. The lowest BCUT2D eigenvalue weighted by Crippen LogP contribution is -2.36. The van der Waals surface area contributed by atoms with Gasteiger partial charge >= 0.3 is 10.2 Å². The summed E-state index contributed by atoms with van der Waals surface area (Å²) >= 11 is 0. The van der Waals surface area contributed by atoms with Gasteiger partial charge in [-0.2, -0.15) is 12.7 Å². The molecular formula is C8H10N2O3S. The summed E-state index contributed by atoms with van der Waals surface area (Å²) in [6.45, 7) is 0. The van der Waals surface area contributed by atoms with Gasteiger partial charge in [-0.1, -0.05) is 12.2 Å². The second-order valence-corrected chi connectivity index (χ2v) is 4.75. The summed E-state index contributed by atoms with van der Waals surface area (Å²) in [5.74, 6) is -0.460. The summed E-state index contributed by atoms with van der Waals surface area (Å²) in [6, 6.07) is 0. The Morgan fingerprint density at radius 3 is 2.86 bits per heavy atom. The number of carbonyl (C=O) groups excluding carboxylic acids is 1. The van der Waals surface area contributed by atoms with Crippen LogP contribution < -0.4 is 5.14 Å². The van der Waals surface area contributed by atoms with Crippen LogP contribution in [0.25, 0.3) is 0 Å². The van der Waals surface area contributed by atoms with Gasteiger partial charge in [0.1, 0.15) is 0 Å². The average molecular weight is 214 g/mol. The number of carbonyl (C=O) groups is 1. The quantitative estimate of drug-likeness (QED) is 0.661. The molecule has 6 heteroatoms. The Morgan fingerprint density at radius 2 is 2.21 bits per heavy atom. The third kappa shape index (κ3) is 1.36. The highest BCUT2D eigenvalue weighted by Crippen LogP contribution is 2.35. The molecule has 1 fully saturated rings. The van der Waals surface area contributed by atoms with E-state index in [1.807, 2.05) is 6.08 Å². The Balaban J connectivity index is 2.46. The van der Waals surface area contributed by atoms with Gasteiger partial charge in [0.05, 0.1) is 0 Å². The highest BCUT2D eigenvalue weighted by atomic mass is 32.2. The zero-order valence-corrected chi connectivity index (χ0v) is 8.20. The summed E-state index contributed by atoms with van der Waals surface area (Å²) in [4.78, 5) is 11.4. The molecule has 0 aromatic carbocycles. The summed E-state index contributed by atoms with van der Waals surface area (Å²) in [7, 11) is -3.94. The minimum absolute atomic E-state index is 0.0224. The maximum absolute atomic E-state index is 11.4. The van der Waals surface area contributed by atoms with Crippen LogP contribution in [0, 0.1) is 5.92 Å². The number of hydrogen-bond donors (Lipinski definition) is 1. The van der Waals surface area contributed by atoms with E-state index in [9.17, 15) is 13.2 Å². The topological polar surface area (TPSA) is 80.5 Å². The smallest absolute Gasteiger partial charge is 0.273 e. The van der Waals surface area contributed by atoms with Crippen molar-refractivity contribution in [2.75, 3.05) is 0 Å². The summed E-state index contributed by atoms with van der Waals surface area (Å²) in [6.07, 6.45) is 6.20. The molecule has 0 aromatic rings. The van der Waals surface area contributed by atoms with Gasteiger partial charge in [-0.3, -0.25) is 4.79 Å². The van der Waals surface area contributed by atoms with Crippen molar-refractivity contribution >= 4 is 16.1 Å². The van der Waals surface area contributed by atoms with E-state index in [4.69, 9.17) is 5.14 Å². The van der Waals surface area contributed by atoms with Crippen LogP contribution in [0.5, 0.6) is 0 Å². The fourth-order valence-corrected chi connectivity index (χ4v) is 2.68. The number of nitrogens with two attached hydrogens (primary N) is 1. The van der Waals surface area contributed by atoms with Gasteiger partial charge in [-0.15, -0.1) is 0 Å². The zero-order chi connectivity index (χ0) is 10.3. The minimum atomic E-state index is -3.94. The van der Waals surface area contributed by atoms with E-state index in [-0.39, 0.29) is 12.3 Å². The first-order valence-corrected chi connectivity index (χ1v) is 5.73. The van der Waals surface area contributed by atoms with Crippen molar-refractivity contribution in [1.82, 2.24) is 4.31 Å². The predicted molar refractivity (Wildman–Crippen MR) is 49.9 cm³/mol. The van der Waals surface area contributed by atoms with Crippen LogP contribution in [-0.2, 0) is 15.0 Å². The molecule has 2 rings (SSSR count). The predicted octanol–water partition coefficient (Wildman–Crippen LogP) is -0.118. The number of allylic oxidation sites excluding steroid dienone is 4. The third-order valence-electron chi connectivity index (χ3n) is 2.38.